The van der Waals surface area contributed by atoms with Crippen LogP contribution in [-0.2, 0) is 0 Å². The number of aryl methyl sites for hydroxylation is 1. The molecule has 0 radical (unpaired) electrons. The highest BCUT2D eigenvalue weighted by Gasteiger charge is 2.16. The summed E-state index contributed by atoms with van der Waals surface area (Å²) in [7, 11) is 0. The zero-order chi connectivity index (χ0) is 24.0. The number of hydrogen-bond donors (Lipinski definition) is 3. The Kier molecular flexibility index (Phi) is 7.58. The number of nitrogens with zero attached hydrogens (tertiary/aromatic N) is 1. The molecule has 3 N–H and O–H groups in total. The summed E-state index contributed by atoms with van der Waals surface area (Å²) in [6.45, 7) is 6.91. The van der Waals surface area contributed by atoms with Crippen molar-refractivity contribution in [2.45, 2.75) is 20.8 Å². The molecule has 0 heterocycles. The van der Waals surface area contributed by atoms with Gasteiger partial charge in [0, 0.05) is 35.5 Å². The van der Waals surface area contributed by atoms with Crippen LogP contribution in [0, 0.1) is 6.92 Å². The number of amides is 3. The number of hydroxylamine groups is 1. The van der Waals surface area contributed by atoms with Gasteiger partial charge in [-0.05, 0) is 74.4 Å². The minimum absolute atomic E-state index is 0.135. The van der Waals surface area contributed by atoms with Gasteiger partial charge in [0.2, 0.25) is 0 Å². The largest absolute Gasteiger partial charge is 0.339 e. The second-order valence-electron chi connectivity index (χ2n) is 7.61. The van der Waals surface area contributed by atoms with Crippen LogP contribution < -0.4 is 10.8 Å². The van der Waals surface area contributed by atoms with Crippen LogP contribution in [0.2, 0.25) is 0 Å². The van der Waals surface area contributed by atoms with Gasteiger partial charge in [-0.2, -0.15) is 0 Å². The first-order valence-corrected chi connectivity index (χ1v) is 10.7. The molecule has 0 saturated heterocycles. The second kappa shape index (κ2) is 10.6. The smallest absolute Gasteiger partial charge is 0.274 e. The first-order valence-electron chi connectivity index (χ1n) is 10.7. The third kappa shape index (κ3) is 5.64. The molecule has 0 aliphatic rings. The maximum atomic E-state index is 13.1. The van der Waals surface area contributed by atoms with Crippen molar-refractivity contribution in [3.8, 4) is 11.1 Å². The molecule has 33 heavy (non-hydrogen) atoms. The fourth-order valence-electron chi connectivity index (χ4n) is 3.47. The van der Waals surface area contributed by atoms with Crippen molar-refractivity contribution in [3.63, 3.8) is 0 Å². The van der Waals surface area contributed by atoms with E-state index in [1.807, 2.05) is 32.9 Å². The van der Waals surface area contributed by atoms with E-state index in [1.54, 1.807) is 65.0 Å². The Hall–Kier alpha value is -3.97. The van der Waals surface area contributed by atoms with Crippen LogP contribution in [-0.4, -0.2) is 40.9 Å². The Bertz CT molecular complexity index is 1150. The van der Waals surface area contributed by atoms with Crippen LogP contribution in [0.15, 0.2) is 66.7 Å². The summed E-state index contributed by atoms with van der Waals surface area (Å²) in [4.78, 5) is 39.2. The second-order valence-corrected chi connectivity index (χ2v) is 7.61. The van der Waals surface area contributed by atoms with E-state index in [0.29, 0.717) is 41.0 Å². The molecular formula is C26H27N3O4. The molecule has 3 aromatic rings. The lowest BCUT2D eigenvalue weighted by Gasteiger charge is -2.20. The highest BCUT2D eigenvalue weighted by atomic mass is 16.5. The van der Waals surface area contributed by atoms with Crippen molar-refractivity contribution in [1.82, 2.24) is 10.4 Å². The fraction of sp³-hybridized carbons (Fsp3) is 0.192. The van der Waals surface area contributed by atoms with Crippen LogP contribution in [0.25, 0.3) is 11.1 Å². The van der Waals surface area contributed by atoms with Crippen LogP contribution >= 0.6 is 0 Å². The number of nitrogens with one attached hydrogen (secondary N) is 2. The molecule has 3 rings (SSSR count). The van der Waals surface area contributed by atoms with Gasteiger partial charge in [0.1, 0.15) is 0 Å². The minimum Gasteiger partial charge on any atom is -0.339 e. The predicted molar refractivity (Wildman–Crippen MR) is 128 cm³/mol. The standard InChI is InChI=1S/C26H27N3O4/c1-4-29(5-2)26(32)22-14-21(18-10-12-20(13-11-18)25(31)28-33)15-23(16-22)27-24(30)19-8-6-17(3)7-9-19/h6-16,33H,4-5H2,1-3H3,(H,27,30)(H,28,31). The van der Waals surface area contributed by atoms with Gasteiger partial charge in [-0.25, -0.2) is 5.48 Å². The topological polar surface area (TPSA) is 98.7 Å². The Labute approximate surface area is 193 Å². The van der Waals surface area contributed by atoms with E-state index in [0.717, 1.165) is 11.1 Å². The van der Waals surface area contributed by atoms with Crippen LogP contribution in [0.4, 0.5) is 5.69 Å². The fourth-order valence-corrected chi connectivity index (χ4v) is 3.47. The van der Waals surface area contributed by atoms with Crippen LogP contribution in [0.3, 0.4) is 0 Å². The van der Waals surface area contributed by atoms with Crippen molar-refractivity contribution >= 4 is 23.4 Å². The molecular weight excluding hydrogens is 418 g/mol. The van der Waals surface area contributed by atoms with Gasteiger partial charge in [0.25, 0.3) is 17.7 Å². The van der Waals surface area contributed by atoms with Gasteiger partial charge < -0.3 is 10.2 Å². The molecule has 0 spiro atoms. The van der Waals surface area contributed by atoms with Gasteiger partial charge in [0.05, 0.1) is 0 Å². The summed E-state index contributed by atoms with van der Waals surface area (Å²) < 4.78 is 0. The lowest BCUT2D eigenvalue weighted by Crippen LogP contribution is -2.30. The summed E-state index contributed by atoms with van der Waals surface area (Å²) in [5.74, 6) is -1.02. The summed E-state index contributed by atoms with van der Waals surface area (Å²) >= 11 is 0. The van der Waals surface area contributed by atoms with Crippen LogP contribution in [0.1, 0.15) is 50.5 Å². The SMILES string of the molecule is CCN(CC)C(=O)c1cc(NC(=O)c2ccc(C)cc2)cc(-c2ccc(C(=O)NO)cc2)c1. The highest BCUT2D eigenvalue weighted by Crippen LogP contribution is 2.27. The van der Waals surface area contributed by atoms with Crippen molar-refractivity contribution in [1.29, 1.82) is 0 Å². The maximum Gasteiger partial charge on any atom is 0.274 e. The van der Waals surface area contributed by atoms with Gasteiger partial charge in [-0.15, -0.1) is 0 Å². The number of anilines is 1. The van der Waals surface area contributed by atoms with E-state index >= 15 is 0 Å². The number of benzene rings is 3. The zero-order valence-corrected chi connectivity index (χ0v) is 18.9. The monoisotopic (exact) mass is 445 g/mol. The maximum absolute atomic E-state index is 13.1. The Morgan fingerprint density at radius 1 is 0.758 bits per heavy atom. The van der Waals surface area contributed by atoms with E-state index in [4.69, 9.17) is 5.21 Å². The molecule has 0 saturated carbocycles. The lowest BCUT2D eigenvalue weighted by molar-refractivity contribution is 0.0706. The van der Waals surface area contributed by atoms with Gasteiger partial charge in [-0.1, -0.05) is 29.8 Å². The van der Waals surface area contributed by atoms with Gasteiger partial charge >= 0.3 is 0 Å². The molecule has 0 fully saturated rings. The molecule has 7 heteroatoms. The highest BCUT2D eigenvalue weighted by molar-refractivity contribution is 6.06. The van der Waals surface area contributed by atoms with E-state index in [9.17, 15) is 14.4 Å². The molecule has 0 bridgehead atoms. The number of carbonyl (C=O) groups is 3. The molecule has 7 nitrogen and oxygen atoms in total. The van der Waals surface area contributed by atoms with Gasteiger partial charge in [0.15, 0.2) is 0 Å². The molecule has 3 aromatic carbocycles. The van der Waals surface area contributed by atoms with Crippen molar-refractivity contribution in [2.75, 3.05) is 18.4 Å². The summed E-state index contributed by atoms with van der Waals surface area (Å²) in [5, 5.41) is 11.7. The molecule has 0 unspecified atom stereocenters. The Morgan fingerprint density at radius 3 is 1.91 bits per heavy atom. The minimum atomic E-state index is -0.613. The summed E-state index contributed by atoms with van der Waals surface area (Å²) in [6.07, 6.45) is 0. The van der Waals surface area contributed by atoms with E-state index < -0.39 is 5.91 Å². The Balaban J connectivity index is 2.00. The van der Waals surface area contributed by atoms with Crippen molar-refractivity contribution < 1.29 is 19.6 Å². The molecule has 170 valence electrons. The molecule has 0 aromatic heterocycles. The molecule has 0 aliphatic heterocycles. The average Bonchev–Trinajstić information content (AvgIpc) is 2.84. The van der Waals surface area contributed by atoms with E-state index in [-0.39, 0.29) is 11.8 Å². The molecule has 0 atom stereocenters. The van der Waals surface area contributed by atoms with E-state index in [1.165, 1.54) is 0 Å². The predicted octanol–water partition coefficient (Wildman–Crippen LogP) is 4.52. The Morgan fingerprint density at radius 2 is 1.33 bits per heavy atom. The first kappa shape index (κ1) is 23.7. The summed E-state index contributed by atoms with van der Waals surface area (Å²) in [5.41, 5.74) is 5.88. The summed E-state index contributed by atoms with van der Waals surface area (Å²) in [6, 6.07) is 19.0. The zero-order valence-electron chi connectivity index (χ0n) is 18.9. The number of carbonyl (C=O) groups excluding carboxylic acids is 3. The van der Waals surface area contributed by atoms with Crippen LogP contribution in [0.5, 0.6) is 0 Å². The lowest BCUT2D eigenvalue weighted by atomic mass is 9.99. The molecule has 0 aliphatic carbocycles. The van der Waals surface area contributed by atoms with E-state index in [2.05, 4.69) is 5.32 Å². The first-order chi connectivity index (χ1) is 15.9. The number of rotatable bonds is 7. The van der Waals surface area contributed by atoms with Crippen molar-refractivity contribution in [3.05, 3.63) is 89.0 Å². The normalized spacial score (nSPS) is 10.4. The van der Waals surface area contributed by atoms with Crippen molar-refractivity contribution in [2.24, 2.45) is 0 Å². The quantitative estimate of drug-likeness (QED) is 0.368. The molecule has 3 amide bonds. The average molecular weight is 446 g/mol. The third-order valence-corrected chi connectivity index (χ3v) is 5.38. The number of hydrogen-bond acceptors (Lipinski definition) is 4. The third-order valence-electron chi connectivity index (χ3n) is 5.38. The van der Waals surface area contributed by atoms with Gasteiger partial charge in [-0.3, -0.25) is 19.6 Å².